The van der Waals surface area contributed by atoms with Gasteiger partial charge in [0.2, 0.25) is 5.91 Å². The van der Waals surface area contributed by atoms with Gasteiger partial charge in [0, 0.05) is 6.54 Å². The minimum absolute atomic E-state index is 0.115. The van der Waals surface area contributed by atoms with Crippen molar-refractivity contribution in [3.05, 3.63) is 23.8 Å². The zero-order chi connectivity index (χ0) is 12.6. The van der Waals surface area contributed by atoms with Crippen LogP contribution < -0.4 is 5.32 Å². The van der Waals surface area contributed by atoms with E-state index < -0.39 is 6.10 Å². The molecule has 0 fully saturated rings. The van der Waals surface area contributed by atoms with Crippen LogP contribution in [0.4, 0.5) is 0 Å². The largest absolute Gasteiger partial charge is 0.387 e. The molecule has 0 aromatic heterocycles. The molecule has 16 heavy (non-hydrogen) atoms. The molecule has 0 radical (unpaired) electrons. The molecule has 92 valence electrons. The molecule has 2 unspecified atom stereocenters. The molecule has 0 spiro atoms. The van der Waals surface area contributed by atoms with Crippen LogP contribution in [0.1, 0.15) is 27.2 Å². The fraction of sp³-hybridized carbons (Fsp3) is 0.583. The number of aliphatic hydroxyl groups is 1. The summed E-state index contributed by atoms with van der Waals surface area (Å²) in [5.41, 5.74) is 0.840. The number of allylic oxidation sites excluding steroid dienone is 2. The van der Waals surface area contributed by atoms with Crippen LogP contribution in [0.3, 0.4) is 0 Å². The molecular formula is C12H20BrNO2. The van der Waals surface area contributed by atoms with Gasteiger partial charge < -0.3 is 10.4 Å². The van der Waals surface area contributed by atoms with E-state index in [1.807, 2.05) is 32.1 Å². The summed E-state index contributed by atoms with van der Waals surface area (Å²) in [5, 5.41) is 12.5. The Morgan fingerprint density at radius 3 is 2.62 bits per heavy atom. The van der Waals surface area contributed by atoms with Crippen molar-refractivity contribution < 1.29 is 9.90 Å². The molecule has 0 aromatic rings. The topological polar surface area (TPSA) is 49.3 Å². The minimum Gasteiger partial charge on any atom is -0.387 e. The molecule has 0 saturated carbocycles. The summed E-state index contributed by atoms with van der Waals surface area (Å²) in [6.45, 7) is 5.89. The van der Waals surface area contributed by atoms with Crippen LogP contribution in [0.15, 0.2) is 23.8 Å². The normalized spacial score (nSPS) is 16.2. The zero-order valence-electron chi connectivity index (χ0n) is 10.0. The van der Waals surface area contributed by atoms with Crippen LogP contribution in [-0.2, 0) is 4.79 Å². The van der Waals surface area contributed by atoms with Gasteiger partial charge in [-0.25, -0.2) is 0 Å². The number of halogens is 1. The molecule has 0 aliphatic heterocycles. The maximum absolute atomic E-state index is 11.3. The Bertz CT molecular complexity index is 272. The fourth-order valence-electron chi connectivity index (χ4n) is 1.20. The summed E-state index contributed by atoms with van der Waals surface area (Å²) in [6, 6.07) is 0. The number of nitrogens with one attached hydrogen (secondary N) is 1. The molecule has 3 nitrogen and oxygen atoms in total. The number of carbonyl (C=O) groups is 1. The number of rotatable bonds is 6. The number of hydrogen-bond acceptors (Lipinski definition) is 2. The van der Waals surface area contributed by atoms with Gasteiger partial charge in [-0.2, -0.15) is 0 Å². The second-order valence-corrected chi connectivity index (χ2v) is 4.86. The quantitative estimate of drug-likeness (QED) is 0.582. The first-order valence-electron chi connectivity index (χ1n) is 5.45. The number of carbonyl (C=O) groups excluding carboxylic acids is 1. The van der Waals surface area contributed by atoms with Crippen molar-refractivity contribution in [3.63, 3.8) is 0 Å². The molecule has 0 saturated heterocycles. The summed E-state index contributed by atoms with van der Waals surface area (Å²) in [4.78, 5) is 11.0. The first-order valence-corrected chi connectivity index (χ1v) is 6.37. The lowest BCUT2D eigenvalue weighted by atomic mass is 10.1. The van der Waals surface area contributed by atoms with E-state index in [-0.39, 0.29) is 17.3 Å². The van der Waals surface area contributed by atoms with E-state index in [9.17, 15) is 9.90 Å². The predicted molar refractivity (Wildman–Crippen MR) is 70.6 cm³/mol. The van der Waals surface area contributed by atoms with Crippen molar-refractivity contribution in [2.24, 2.45) is 0 Å². The highest BCUT2D eigenvalue weighted by molar-refractivity contribution is 9.10. The molecule has 4 heteroatoms. The Balaban J connectivity index is 4.27. The Morgan fingerprint density at radius 1 is 1.56 bits per heavy atom. The van der Waals surface area contributed by atoms with Crippen molar-refractivity contribution in [1.82, 2.24) is 5.32 Å². The zero-order valence-corrected chi connectivity index (χ0v) is 11.6. The van der Waals surface area contributed by atoms with Crippen molar-refractivity contribution in [2.45, 2.75) is 38.1 Å². The van der Waals surface area contributed by atoms with Gasteiger partial charge in [-0.05, 0) is 25.8 Å². The molecule has 2 N–H and O–H groups in total. The Morgan fingerprint density at radius 2 is 2.19 bits per heavy atom. The molecule has 0 rings (SSSR count). The highest BCUT2D eigenvalue weighted by Gasteiger charge is 2.12. The third-order valence-corrected chi connectivity index (χ3v) is 2.43. The van der Waals surface area contributed by atoms with Gasteiger partial charge in [0.15, 0.2) is 0 Å². The van der Waals surface area contributed by atoms with E-state index >= 15 is 0 Å². The molecular weight excluding hydrogens is 270 g/mol. The van der Waals surface area contributed by atoms with Crippen LogP contribution in [-0.4, -0.2) is 28.5 Å². The van der Waals surface area contributed by atoms with Gasteiger partial charge in [-0.15, -0.1) is 0 Å². The lowest BCUT2D eigenvalue weighted by molar-refractivity contribution is -0.120. The van der Waals surface area contributed by atoms with E-state index in [0.29, 0.717) is 0 Å². The number of hydrogen-bond donors (Lipinski definition) is 2. The second-order valence-electron chi connectivity index (χ2n) is 3.49. The monoisotopic (exact) mass is 289 g/mol. The Kier molecular flexibility index (Phi) is 8.21. The van der Waals surface area contributed by atoms with Gasteiger partial charge >= 0.3 is 0 Å². The van der Waals surface area contributed by atoms with Crippen molar-refractivity contribution >= 4 is 21.8 Å². The lowest BCUT2D eigenvalue weighted by Crippen LogP contribution is -2.36. The van der Waals surface area contributed by atoms with Crippen LogP contribution in [0.25, 0.3) is 0 Å². The average molecular weight is 290 g/mol. The van der Waals surface area contributed by atoms with Crippen LogP contribution >= 0.6 is 15.9 Å². The highest BCUT2D eigenvalue weighted by Crippen LogP contribution is 2.06. The van der Waals surface area contributed by atoms with Gasteiger partial charge in [-0.1, -0.05) is 41.1 Å². The van der Waals surface area contributed by atoms with E-state index in [1.165, 1.54) is 0 Å². The molecule has 0 bridgehead atoms. The molecule has 0 aliphatic rings. The maximum atomic E-state index is 11.3. The van der Waals surface area contributed by atoms with Crippen LogP contribution in [0.2, 0.25) is 0 Å². The van der Waals surface area contributed by atoms with E-state index in [1.54, 1.807) is 6.92 Å². The molecule has 0 heterocycles. The summed E-state index contributed by atoms with van der Waals surface area (Å²) in [6.07, 6.45) is 5.90. The van der Waals surface area contributed by atoms with Crippen molar-refractivity contribution in [3.8, 4) is 0 Å². The molecule has 1 amide bonds. The van der Waals surface area contributed by atoms with Crippen molar-refractivity contribution in [1.29, 1.82) is 0 Å². The van der Waals surface area contributed by atoms with Gasteiger partial charge in [-0.3, -0.25) is 4.79 Å². The summed E-state index contributed by atoms with van der Waals surface area (Å²) in [5.74, 6) is -0.115. The van der Waals surface area contributed by atoms with E-state index in [4.69, 9.17) is 0 Å². The van der Waals surface area contributed by atoms with Crippen molar-refractivity contribution in [2.75, 3.05) is 6.54 Å². The number of amides is 1. The first-order chi connectivity index (χ1) is 7.52. The SMILES string of the molecule is C/C=C\C(=C/CC)C(O)CNC(=O)C(C)Br. The minimum atomic E-state index is -0.647. The smallest absolute Gasteiger partial charge is 0.233 e. The molecule has 0 aromatic carbocycles. The third-order valence-electron chi connectivity index (χ3n) is 2.01. The first kappa shape index (κ1) is 15.4. The molecule has 0 aliphatic carbocycles. The van der Waals surface area contributed by atoms with Crippen LogP contribution in [0, 0.1) is 0 Å². The Labute approximate surface area is 106 Å². The van der Waals surface area contributed by atoms with Gasteiger partial charge in [0.1, 0.15) is 0 Å². The van der Waals surface area contributed by atoms with Gasteiger partial charge in [0.25, 0.3) is 0 Å². The second kappa shape index (κ2) is 8.53. The van der Waals surface area contributed by atoms with Gasteiger partial charge in [0.05, 0.1) is 10.9 Å². The Hall–Kier alpha value is -0.610. The maximum Gasteiger partial charge on any atom is 0.233 e. The average Bonchev–Trinajstić information content (AvgIpc) is 2.24. The summed E-state index contributed by atoms with van der Waals surface area (Å²) in [7, 11) is 0. The lowest BCUT2D eigenvalue weighted by Gasteiger charge is -2.14. The van der Waals surface area contributed by atoms with E-state index in [0.717, 1.165) is 12.0 Å². The third kappa shape index (κ3) is 6.08. The van der Waals surface area contributed by atoms with E-state index in [2.05, 4.69) is 21.2 Å². The summed E-state index contributed by atoms with van der Waals surface area (Å²) < 4.78 is 0. The fourth-order valence-corrected chi connectivity index (χ4v) is 1.36. The standard InChI is InChI=1S/C12H20BrNO2/c1-4-6-10(7-5-2)11(15)8-14-12(16)9(3)13/h4,6-7,9,11,15H,5,8H2,1-3H3,(H,14,16)/b6-4-,10-7+. The summed E-state index contributed by atoms with van der Waals surface area (Å²) >= 11 is 3.17. The number of alkyl halides is 1. The predicted octanol–water partition coefficient (Wildman–Crippen LogP) is 2.16. The van der Waals surface area contributed by atoms with Crippen LogP contribution in [0.5, 0.6) is 0 Å². The molecule has 2 atom stereocenters. The highest BCUT2D eigenvalue weighted by atomic mass is 79.9. The number of aliphatic hydroxyl groups excluding tert-OH is 1.